The zero-order valence-corrected chi connectivity index (χ0v) is 11.8. The number of nitrogens with zero attached hydrogens (tertiary/aromatic N) is 2. The normalized spacial score (nSPS) is 10.6. The molecule has 2 rings (SSSR count). The number of nitrogen functional groups attached to an aromatic ring is 1. The fraction of sp³-hybridized carbons (Fsp3) is 0.286. The summed E-state index contributed by atoms with van der Waals surface area (Å²) >= 11 is 0. The van der Waals surface area contributed by atoms with Gasteiger partial charge in [-0.25, -0.2) is 0 Å². The quantitative estimate of drug-likeness (QED) is 0.838. The van der Waals surface area contributed by atoms with Crippen molar-refractivity contribution < 1.29 is 9.53 Å². The third kappa shape index (κ3) is 2.90. The van der Waals surface area contributed by atoms with Crippen molar-refractivity contribution in [2.75, 3.05) is 18.2 Å². The summed E-state index contributed by atoms with van der Waals surface area (Å²) < 4.78 is 6.94. The lowest BCUT2D eigenvalue weighted by Crippen LogP contribution is -2.13. The highest BCUT2D eigenvalue weighted by Gasteiger charge is 2.14. The molecule has 2 aromatic rings. The van der Waals surface area contributed by atoms with Crippen LogP contribution >= 0.6 is 0 Å². The molecule has 1 heterocycles. The zero-order chi connectivity index (χ0) is 14.7. The molecule has 3 N–H and O–H groups in total. The van der Waals surface area contributed by atoms with Crippen LogP contribution in [0.25, 0.3) is 0 Å². The van der Waals surface area contributed by atoms with Gasteiger partial charge in [-0.2, -0.15) is 5.10 Å². The molecule has 0 fully saturated rings. The third-order valence-electron chi connectivity index (χ3n) is 2.86. The summed E-state index contributed by atoms with van der Waals surface area (Å²) in [5.74, 6) is 0.199. The summed E-state index contributed by atoms with van der Waals surface area (Å²) in [4.78, 5) is 12.2. The third-order valence-corrected chi connectivity index (χ3v) is 2.86. The van der Waals surface area contributed by atoms with Crippen LogP contribution < -0.4 is 15.8 Å². The Morgan fingerprint density at radius 2 is 2.20 bits per heavy atom. The first-order chi connectivity index (χ1) is 9.51. The topological polar surface area (TPSA) is 82.2 Å². The van der Waals surface area contributed by atoms with E-state index in [0.717, 1.165) is 0 Å². The highest BCUT2D eigenvalue weighted by atomic mass is 16.5. The van der Waals surface area contributed by atoms with Gasteiger partial charge in [0.15, 0.2) is 0 Å². The Morgan fingerprint density at radius 1 is 1.45 bits per heavy atom. The Balaban J connectivity index is 2.21. The Kier molecular flexibility index (Phi) is 3.93. The minimum absolute atomic E-state index is 0.238. The van der Waals surface area contributed by atoms with Gasteiger partial charge in [0.25, 0.3) is 5.91 Å². The summed E-state index contributed by atoms with van der Waals surface area (Å²) in [6.45, 7) is 4.03. The van der Waals surface area contributed by atoms with Gasteiger partial charge in [-0.3, -0.25) is 9.48 Å². The molecule has 0 aliphatic rings. The number of methoxy groups -OCH3 is 1. The van der Waals surface area contributed by atoms with Gasteiger partial charge in [0.2, 0.25) is 0 Å². The minimum atomic E-state index is -0.280. The van der Waals surface area contributed by atoms with Crippen molar-refractivity contribution in [2.24, 2.45) is 0 Å². The molecule has 0 atom stereocenters. The molecule has 1 amide bonds. The highest BCUT2D eigenvalue weighted by molar-refractivity contribution is 6.06. The number of amides is 1. The first kappa shape index (κ1) is 13.9. The smallest absolute Gasteiger partial charge is 0.259 e. The van der Waals surface area contributed by atoms with E-state index in [9.17, 15) is 4.79 Å². The average Bonchev–Trinajstić information content (AvgIpc) is 2.87. The predicted molar refractivity (Wildman–Crippen MR) is 78.0 cm³/mol. The number of hydrogen-bond donors (Lipinski definition) is 2. The molecule has 0 spiro atoms. The summed E-state index contributed by atoms with van der Waals surface area (Å²) in [5.41, 5.74) is 7.24. The zero-order valence-electron chi connectivity index (χ0n) is 11.8. The lowest BCUT2D eigenvalue weighted by atomic mass is 10.1. The molecule has 0 unspecified atom stereocenters. The molecule has 6 nitrogen and oxygen atoms in total. The summed E-state index contributed by atoms with van der Waals surface area (Å²) in [7, 11) is 1.51. The molecule has 0 saturated carbocycles. The Labute approximate surface area is 117 Å². The van der Waals surface area contributed by atoms with Gasteiger partial charge in [-0.15, -0.1) is 0 Å². The number of hydrogen-bond acceptors (Lipinski definition) is 4. The van der Waals surface area contributed by atoms with Crippen LogP contribution in [0.15, 0.2) is 30.6 Å². The van der Waals surface area contributed by atoms with Crippen molar-refractivity contribution in [3.8, 4) is 5.75 Å². The second kappa shape index (κ2) is 5.64. The monoisotopic (exact) mass is 274 g/mol. The molecule has 1 aromatic heterocycles. The molecule has 0 bridgehead atoms. The molecule has 0 aliphatic carbocycles. The van der Waals surface area contributed by atoms with Crippen LogP contribution in [0.2, 0.25) is 0 Å². The number of ether oxygens (including phenoxy) is 1. The summed E-state index contributed by atoms with van der Waals surface area (Å²) in [5, 5.41) is 6.95. The fourth-order valence-electron chi connectivity index (χ4n) is 1.79. The van der Waals surface area contributed by atoms with E-state index in [4.69, 9.17) is 10.5 Å². The molecule has 6 heteroatoms. The number of nitrogens with one attached hydrogen (secondary N) is 1. The molecule has 20 heavy (non-hydrogen) atoms. The van der Waals surface area contributed by atoms with Crippen molar-refractivity contribution in [1.29, 1.82) is 0 Å². The van der Waals surface area contributed by atoms with Crippen LogP contribution in [-0.2, 0) is 0 Å². The average molecular weight is 274 g/mol. The van der Waals surface area contributed by atoms with Crippen LogP contribution in [0.5, 0.6) is 5.75 Å². The van der Waals surface area contributed by atoms with Crippen molar-refractivity contribution in [3.63, 3.8) is 0 Å². The van der Waals surface area contributed by atoms with E-state index in [1.165, 1.54) is 7.11 Å². The van der Waals surface area contributed by atoms with Crippen LogP contribution in [0.4, 0.5) is 11.4 Å². The standard InChI is InChI=1S/C14H18N4O2/c1-9(2)18-8-11(7-16-18)17-14(19)12-6-10(15)4-5-13(12)20-3/h4-9H,15H2,1-3H3,(H,17,19). The van der Waals surface area contributed by atoms with Crippen molar-refractivity contribution in [1.82, 2.24) is 9.78 Å². The predicted octanol–water partition coefficient (Wildman–Crippen LogP) is 2.31. The Morgan fingerprint density at radius 3 is 2.80 bits per heavy atom. The van der Waals surface area contributed by atoms with Crippen LogP contribution in [-0.4, -0.2) is 22.8 Å². The molecule has 1 aromatic carbocycles. The van der Waals surface area contributed by atoms with E-state index in [1.54, 1.807) is 35.3 Å². The number of carbonyl (C=O) groups excluding carboxylic acids is 1. The summed E-state index contributed by atoms with van der Waals surface area (Å²) in [6.07, 6.45) is 3.39. The van der Waals surface area contributed by atoms with Crippen molar-refractivity contribution in [3.05, 3.63) is 36.2 Å². The van der Waals surface area contributed by atoms with Crippen molar-refractivity contribution in [2.45, 2.75) is 19.9 Å². The van der Waals surface area contributed by atoms with Gasteiger partial charge in [0.05, 0.1) is 24.6 Å². The Hall–Kier alpha value is -2.50. The maximum atomic E-state index is 12.2. The number of anilines is 2. The second-order valence-corrected chi connectivity index (χ2v) is 4.72. The molecular formula is C14H18N4O2. The maximum Gasteiger partial charge on any atom is 0.259 e. The Bertz CT molecular complexity index is 619. The van der Waals surface area contributed by atoms with Gasteiger partial charge in [0, 0.05) is 17.9 Å². The van der Waals surface area contributed by atoms with Gasteiger partial charge in [-0.1, -0.05) is 0 Å². The summed E-state index contributed by atoms with van der Waals surface area (Å²) in [6, 6.07) is 5.18. The van der Waals surface area contributed by atoms with Gasteiger partial charge >= 0.3 is 0 Å². The van der Waals surface area contributed by atoms with Crippen molar-refractivity contribution >= 4 is 17.3 Å². The second-order valence-electron chi connectivity index (χ2n) is 4.72. The highest BCUT2D eigenvalue weighted by Crippen LogP contribution is 2.22. The lowest BCUT2D eigenvalue weighted by molar-refractivity contribution is 0.102. The van der Waals surface area contributed by atoms with Gasteiger partial charge in [0.1, 0.15) is 5.75 Å². The van der Waals surface area contributed by atoms with E-state index in [2.05, 4.69) is 10.4 Å². The van der Waals surface area contributed by atoms with Crippen LogP contribution in [0, 0.1) is 0 Å². The number of benzene rings is 1. The van der Waals surface area contributed by atoms with Gasteiger partial charge in [-0.05, 0) is 32.0 Å². The van der Waals surface area contributed by atoms with Crippen LogP contribution in [0.3, 0.4) is 0 Å². The molecular weight excluding hydrogens is 256 g/mol. The first-order valence-electron chi connectivity index (χ1n) is 6.30. The largest absolute Gasteiger partial charge is 0.496 e. The van der Waals surface area contributed by atoms with E-state index in [-0.39, 0.29) is 11.9 Å². The number of nitrogens with two attached hydrogens (primary N) is 1. The van der Waals surface area contributed by atoms with E-state index in [0.29, 0.717) is 22.7 Å². The van der Waals surface area contributed by atoms with E-state index in [1.807, 2.05) is 13.8 Å². The molecule has 106 valence electrons. The number of carbonyl (C=O) groups is 1. The van der Waals surface area contributed by atoms with Gasteiger partial charge < -0.3 is 15.8 Å². The van der Waals surface area contributed by atoms with E-state index < -0.39 is 0 Å². The minimum Gasteiger partial charge on any atom is -0.496 e. The fourth-order valence-corrected chi connectivity index (χ4v) is 1.79. The number of aromatic nitrogens is 2. The molecule has 0 saturated heterocycles. The lowest BCUT2D eigenvalue weighted by Gasteiger charge is -2.09. The van der Waals surface area contributed by atoms with E-state index >= 15 is 0 Å². The first-order valence-corrected chi connectivity index (χ1v) is 6.30. The molecule has 0 radical (unpaired) electrons. The maximum absolute atomic E-state index is 12.2. The van der Waals surface area contributed by atoms with Crippen LogP contribution in [0.1, 0.15) is 30.2 Å². The number of rotatable bonds is 4. The SMILES string of the molecule is COc1ccc(N)cc1C(=O)Nc1cnn(C(C)C)c1. The molecule has 0 aliphatic heterocycles.